The summed E-state index contributed by atoms with van der Waals surface area (Å²) in [5, 5.41) is 3.50. The molecule has 2 rings (SSSR count). The van der Waals surface area contributed by atoms with E-state index in [1.165, 1.54) is 12.0 Å². The fourth-order valence-corrected chi connectivity index (χ4v) is 3.04. The predicted molar refractivity (Wildman–Crippen MR) is 87.7 cm³/mol. The van der Waals surface area contributed by atoms with Gasteiger partial charge in [0.05, 0.1) is 0 Å². The molecule has 1 amide bonds. The summed E-state index contributed by atoms with van der Waals surface area (Å²) in [6, 6.07) is 6.61. The van der Waals surface area contributed by atoms with Crippen LogP contribution in [0.1, 0.15) is 48.2 Å². The molecule has 1 N–H and O–H groups in total. The van der Waals surface area contributed by atoms with Crippen LogP contribution >= 0.6 is 0 Å². The van der Waals surface area contributed by atoms with Crippen molar-refractivity contribution in [3.8, 4) is 0 Å². The van der Waals surface area contributed by atoms with E-state index in [1.807, 2.05) is 24.0 Å². The van der Waals surface area contributed by atoms with Crippen LogP contribution in [0.3, 0.4) is 0 Å². The van der Waals surface area contributed by atoms with Gasteiger partial charge in [-0.25, -0.2) is 0 Å². The van der Waals surface area contributed by atoms with Gasteiger partial charge < -0.3 is 10.2 Å². The molecule has 1 atom stereocenters. The van der Waals surface area contributed by atoms with Gasteiger partial charge in [-0.2, -0.15) is 0 Å². The summed E-state index contributed by atoms with van der Waals surface area (Å²) in [5.74, 6) is 0.776. The summed E-state index contributed by atoms with van der Waals surface area (Å²) in [6.45, 7) is 11.2. The average Bonchev–Trinajstić information content (AvgIpc) is 2.45. The Labute approximate surface area is 128 Å². The summed E-state index contributed by atoms with van der Waals surface area (Å²) in [5.41, 5.74) is 3.15. The molecule has 0 aliphatic carbocycles. The van der Waals surface area contributed by atoms with E-state index in [2.05, 4.69) is 32.2 Å². The Morgan fingerprint density at radius 1 is 1.38 bits per heavy atom. The van der Waals surface area contributed by atoms with Gasteiger partial charge in [-0.15, -0.1) is 0 Å². The van der Waals surface area contributed by atoms with Gasteiger partial charge in [0.1, 0.15) is 0 Å². The third kappa shape index (κ3) is 4.31. The van der Waals surface area contributed by atoms with Gasteiger partial charge in [0.25, 0.3) is 5.91 Å². The highest BCUT2D eigenvalue weighted by Gasteiger charge is 2.25. The summed E-state index contributed by atoms with van der Waals surface area (Å²) in [6.07, 6.45) is 2.33. The van der Waals surface area contributed by atoms with E-state index >= 15 is 0 Å². The Bertz CT molecular complexity index is 496. The number of benzene rings is 1. The number of amides is 1. The molecule has 0 bridgehead atoms. The van der Waals surface area contributed by atoms with Crippen molar-refractivity contribution in [3.63, 3.8) is 0 Å². The van der Waals surface area contributed by atoms with Gasteiger partial charge in [-0.1, -0.05) is 31.5 Å². The van der Waals surface area contributed by atoms with Crippen LogP contribution in [0.4, 0.5) is 0 Å². The molecule has 3 heteroatoms. The Morgan fingerprint density at radius 2 is 2.14 bits per heavy atom. The van der Waals surface area contributed by atoms with Crippen LogP contribution in [0.5, 0.6) is 0 Å². The zero-order valence-electron chi connectivity index (χ0n) is 13.8. The normalized spacial score (nSPS) is 19.1. The van der Waals surface area contributed by atoms with Gasteiger partial charge in [0, 0.05) is 24.7 Å². The second-order valence-corrected chi connectivity index (χ2v) is 6.64. The fourth-order valence-electron chi connectivity index (χ4n) is 3.04. The second kappa shape index (κ2) is 7.08. The first kappa shape index (κ1) is 16.0. The zero-order chi connectivity index (χ0) is 15.4. The molecule has 1 unspecified atom stereocenters. The number of hydrogen-bond donors (Lipinski definition) is 1. The van der Waals surface area contributed by atoms with Crippen LogP contribution in [0.15, 0.2) is 18.2 Å². The molecule has 1 aromatic rings. The number of carbonyl (C=O) groups is 1. The minimum Gasteiger partial charge on any atom is -0.338 e. The van der Waals surface area contributed by atoms with Crippen molar-refractivity contribution < 1.29 is 4.79 Å². The smallest absolute Gasteiger partial charge is 0.254 e. The molecule has 0 saturated carbocycles. The molecule has 1 saturated heterocycles. The highest BCUT2D eigenvalue weighted by molar-refractivity contribution is 5.95. The van der Waals surface area contributed by atoms with Crippen molar-refractivity contribution in [2.75, 3.05) is 19.6 Å². The lowest BCUT2D eigenvalue weighted by molar-refractivity contribution is 0.0671. The molecule has 1 heterocycles. The van der Waals surface area contributed by atoms with E-state index in [4.69, 9.17) is 0 Å². The number of likely N-dealkylation sites (tertiary alicyclic amines) is 1. The van der Waals surface area contributed by atoms with Crippen LogP contribution < -0.4 is 5.32 Å². The topological polar surface area (TPSA) is 32.3 Å². The SMILES string of the molecule is Cc1ccc(C(=O)N2CCCC(CNC(C)C)C2)c(C)c1. The summed E-state index contributed by atoms with van der Waals surface area (Å²) >= 11 is 0. The van der Waals surface area contributed by atoms with Crippen molar-refractivity contribution in [2.45, 2.75) is 46.6 Å². The first-order valence-corrected chi connectivity index (χ1v) is 8.07. The summed E-state index contributed by atoms with van der Waals surface area (Å²) < 4.78 is 0. The molecule has 0 aromatic heterocycles. The minimum absolute atomic E-state index is 0.196. The van der Waals surface area contributed by atoms with Gasteiger partial charge in [0.2, 0.25) is 0 Å². The lowest BCUT2D eigenvalue weighted by Gasteiger charge is -2.33. The first-order chi connectivity index (χ1) is 9.97. The maximum atomic E-state index is 12.7. The summed E-state index contributed by atoms with van der Waals surface area (Å²) in [7, 11) is 0. The van der Waals surface area contributed by atoms with Crippen LogP contribution in [-0.4, -0.2) is 36.5 Å². The quantitative estimate of drug-likeness (QED) is 0.923. The third-order valence-electron chi connectivity index (χ3n) is 4.23. The maximum absolute atomic E-state index is 12.7. The highest BCUT2D eigenvalue weighted by Crippen LogP contribution is 2.20. The molecule has 1 aromatic carbocycles. The number of nitrogens with one attached hydrogen (secondary N) is 1. The largest absolute Gasteiger partial charge is 0.338 e. The monoisotopic (exact) mass is 288 g/mol. The van der Waals surface area contributed by atoms with E-state index in [1.54, 1.807) is 0 Å². The van der Waals surface area contributed by atoms with Gasteiger partial charge in [-0.3, -0.25) is 4.79 Å². The number of piperidine rings is 1. The maximum Gasteiger partial charge on any atom is 0.254 e. The van der Waals surface area contributed by atoms with Crippen molar-refractivity contribution in [2.24, 2.45) is 5.92 Å². The van der Waals surface area contributed by atoms with Crippen molar-refractivity contribution in [1.29, 1.82) is 0 Å². The summed E-state index contributed by atoms with van der Waals surface area (Å²) in [4.78, 5) is 14.8. The molecule has 21 heavy (non-hydrogen) atoms. The van der Waals surface area contributed by atoms with E-state index in [0.29, 0.717) is 12.0 Å². The van der Waals surface area contributed by atoms with Gasteiger partial charge in [-0.05, 0) is 50.8 Å². The Kier molecular flexibility index (Phi) is 5.40. The van der Waals surface area contributed by atoms with Gasteiger partial charge >= 0.3 is 0 Å². The molecular formula is C18H28N2O. The lowest BCUT2D eigenvalue weighted by Crippen LogP contribution is -2.43. The van der Waals surface area contributed by atoms with Crippen LogP contribution in [-0.2, 0) is 0 Å². The molecule has 0 radical (unpaired) electrons. The number of aryl methyl sites for hydroxylation is 2. The van der Waals surface area contributed by atoms with Crippen LogP contribution in [0, 0.1) is 19.8 Å². The third-order valence-corrected chi connectivity index (χ3v) is 4.23. The Morgan fingerprint density at radius 3 is 2.81 bits per heavy atom. The zero-order valence-corrected chi connectivity index (χ0v) is 13.8. The number of rotatable bonds is 4. The molecule has 1 fully saturated rings. The Hall–Kier alpha value is -1.35. The molecule has 1 aliphatic rings. The van der Waals surface area contributed by atoms with Crippen molar-refractivity contribution in [3.05, 3.63) is 34.9 Å². The van der Waals surface area contributed by atoms with Gasteiger partial charge in [0.15, 0.2) is 0 Å². The number of hydrogen-bond acceptors (Lipinski definition) is 2. The first-order valence-electron chi connectivity index (χ1n) is 8.07. The Balaban J connectivity index is 2.01. The molecular weight excluding hydrogens is 260 g/mol. The number of carbonyl (C=O) groups excluding carboxylic acids is 1. The molecule has 1 aliphatic heterocycles. The molecule has 0 spiro atoms. The molecule has 116 valence electrons. The van der Waals surface area contributed by atoms with Crippen LogP contribution in [0.2, 0.25) is 0 Å². The fraction of sp³-hybridized carbons (Fsp3) is 0.611. The minimum atomic E-state index is 0.196. The lowest BCUT2D eigenvalue weighted by atomic mass is 9.96. The average molecular weight is 288 g/mol. The second-order valence-electron chi connectivity index (χ2n) is 6.64. The van der Waals surface area contributed by atoms with E-state index < -0.39 is 0 Å². The van der Waals surface area contributed by atoms with E-state index in [0.717, 1.165) is 37.2 Å². The highest BCUT2D eigenvalue weighted by atomic mass is 16.2. The molecule has 3 nitrogen and oxygen atoms in total. The standard InChI is InChI=1S/C18H28N2O/c1-13(2)19-11-16-6-5-9-20(12-16)18(21)17-8-7-14(3)10-15(17)4/h7-8,10,13,16,19H,5-6,9,11-12H2,1-4H3. The van der Waals surface area contributed by atoms with Crippen molar-refractivity contribution in [1.82, 2.24) is 10.2 Å². The van der Waals surface area contributed by atoms with Crippen LogP contribution in [0.25, 0.3) is 0 Å². The van der Waals surface area contributed by atoms with Crippen molar-refractivity contribution >= 4 is 5.91 Å². The van der Waals surface area contributed by atoms with E-state index in [-0.39, 0.29) is 5.91 Å². The number of nitrogens with zero attached hydrogens (tertiary/aromatic N) is 1. The van der Waals surface area contributed by atoms with E-state index in [9.17, 15) is 4.79 Å². The predicted octanol–water partition coefficient (Wildman–Crippen LogP) is 3.15.